The zero-order chi connectivity index (χ0) is 24.9. The largest absolute Gasteiger partial charge is 0.493 e. The maximum atomic E-state index is 12.9. The van der Waals surface area contributed by atoms with E-state index in [0.717, 1.165) is 12.8 Å². The Bertz CT molecular complexity index is 1120. The van der Waals surface area contributed by atoms with Crippen molar-refractivity contribution in [2.45, 2.75) is 50.7 Å². The molecule has 0 spiro atoms. The molecule has 2 aromatic rings. The van der Waals surface area contributed by atoms with Crippen molar-refractivity contribution in [3.05, 3.63) is 52.0 Å². The standard InChI is InChI=1S/C24H29Cl2NO6S/c1-16(2)11-24(28)27(15-18-5-4-10-32-18)14-17-6-9-22(31-3)23(12-17)33-34(29,30)19-7-8-20(25)21(26)13-19/h6-9,12-13,16,18H,4-5,10-11,14-15H2,1-3H3/t18-/m0/s1. The molecule has 0 N–H and O–H groups in total. The van der Waals surface area contributed by atoms with Crippen molar-refractivity contribution in [2.24, 2.45) is 5.92 Å². The summed E-state index contributed by atoms with van der Waals surface area (Å²) in [7, 11) is -2.78. The van der Waals surface area contributed by atoms with E-state index in [4.69, 9.17) is 36.9 Å². The summed E-state index contributed by atoms with van der Waals surface area (Å²) in [4.78, 5) is 14.5. The fourth-order valence-corrected chi connectivity index (χ4v) is 4.99. The molecule has 1 fully saturated rings. The molecule has 34 heavy (non-hydrogen) atoms. The van der Waals surface area contributed by atoms with Crippen LogP contribution in [0.2, 0.25) is 10.0 Å². The average molecular weight is 530 g/mol. The van der Waals surface area contributed by atoms with Gasteiger partial charge in [0, 0.05) is 26.1 Å². The van der Waals surface area contributed by atoms with Gasteiger partial charge in [0.15, 0.2) is 11.5 Å². The lowest BCUT2D eigenvalue weighted by Crippen LogP contribution is -2.37. The van der Waals surface area contributed by atoms with Gasteiger partial charge in [0.1, 0.15) is 4.90 Å². The quantitative estimate of drug-likeness (QED) is 0.387. The molecule has 1 atom stereocenters. The van der Waals surface area contributed by atoms with Crippen LogP contribution < -0.4 is 8.92 Å². The lowest BCUT2D eigenvalue weighted by atomic mass is 10.1. The fourth-order valence-electron chi connectivity index (χ4n) is 3.67. The summed E-state index contributed by atoms with van der Waals surface area (Å²) in [6, 6.07) is 8.89. The van der Waals surface area contributed by atoms with Gasteiger partial charge in [-0.05, 0) is 54.7 Å². The maximum absolute atomic E-state index is 12.9. The summed E-state index contributed by atoms with van der Waals surface area (Å²) in [6.45, 7) is 5.46. The monoisotopic (exact) mass is 529 g/mol. The molecule has 1 saturated heterocycles. The lowest BCUT2D eigenvalue weighted by Gasteiger charge is -2.26. The molecule has 3 rings (SSSR count). The van der Waals surface area contributed by atoms with Gasteiger partial charge in [0.2, 0.25) is 5.91 Å². The molecule has 186 valence electrons. The first-order chi connectivity index (χ1) is 16.1. The number of hydrogen-bond acceptors (Lipinski definition) is 6. The molecule has 2 aromatic carbocycles. The molecule has 0 saturated carbocycles. The minimum Gasteiger partial charge on any atom is -0.493 e. The minimum absolute atomic E-state index is 0.000104. The summed E-state index contributed by atoms with van der Waals surface area (Å²) < 4.78 is 42.2. The number of hydrogen-bond donors (Lipinski definition) is 0. The Labute approximate surface area is 211 Å². The number of carbonyl (C=O) groups is 1. The summed E-state index contributed by atoms with van der Waals surface area (Å²) in [5.41, 5.74) is 0.704. The van der Waals surface area contributed by atoms with Crippen molar-refractivity contribution in [3.8, 4) is 11.5 Å². The van der Waals surface area contributed by atoms with E-state index in [1.165, 1.54) is 25.3 Å². The van der Waals surface area contributed by atoms with Crippen LogP contribution in [0.5, 0.6) is 11.5 Å². The molecule has 1 aliphatic rings. The van der Waals surface area contributed by atoms with Crippen LogP contribution in [0.3, 0.4) is 0 Å². The molecule has 0 unspecified atom stereocenters. The maximum Gasteiger partial charge on any atom is 0.339 e. The normalized spacial score (nSPS) is 16.0. The van der Waals surface area contributed by atoms with E-state index in [-0.39, 0.29) is 44.4 Å². The second kappa shape index (κ2) is 11.6. The third-order valence-electron chi connectivity index (χ3n) is 5.36. The first-order valence-electron chi connectivity index (χ1n) is 11.0. The van der Waals surface area contributed by atoms with Crippen LogP contribution in [0.4, 0.5) is 0 Å². The van der Waals surface area contributed by atoms with Crippen LogP contribution in [-0.4, -0.2) is 45.6 Å². The van der Waals surface area contributed by atoms with Crippen LogP contribution in [0, 0.1) is 5.92 Å². The van der Waals surface area contributed by atoms with E-state index in [1.807, 2.05) is 13.8 Å². The molecule has 1 heterocycles. The summed E-state index contributed by atoms with van der Waals surface area (Å²) >= 11 is 11.9. The predicted octanol–water partition coefficient (Wildman–Crippen LogP) is 5.32. The molecule has 0 aromatic heterocycles. The number of ether oxygens (including phenoxy) is 2. The smallest absolute Gasteiger partial charge is 0.339 e. The summed E-state index contributed by atoms with van der Waals surface area (Å²) in [6.07, 6.45) is 2.30. The number of halogens is 2. The number of amides is 1. The lowest BCUT2D eigenvalue weighted by molar-refractivity contribution is -0.134. The van der Waals surface area contributed by atoms with Crippen molar-refractivity contribution in [2.75, 3.05) is 20.3 Å². The van der Waals surface area contributed by atoms with Crippen LogP contribution in [0.15, 0.2) is 41.3 Å². The molecule has 10 heteroatoms. The Morgan fingerprint density at radius 2 is 1.91 bits per heavy atom. The highest BCUT2D eigenvalue weighted by Crippen LogP contribution is 2.33. The Balaban J connectivity index is 1.85. The average Bonchev–Trinajstić information content (AvgIpc) is 3.28. The minimum atomic E-state index is -4.20. The summed E-state index contributed by atoms with van der Waals surface area (Å²) in [5, 5.41) is 0.332. The zero-order valence-corrected chi connectivity index (χ0v) is 21.8. The highest BCUT2D eigenvalue weighted by atomic mass is 35.5. The fraction of sp³-hybridized carbons (Fsp3) is 0.458. The van der Waals surface area contributed by atoms with Crippen LogP contribution >= 0.6 is 23.2 Å². The highest BCUT2D eigenvalue weighted by Gasteiger charge is 2.25. The molecular formula is C24H29Cl2NO6S. The van der Waals surface area contributed by atoms with E-state index >= 15 is 0 Å². The van der Waals surface area contributed by atoms with Crippen molar-refractivity contribution < 1.29 is 26.9 Å². The van der Waals surface area contributed by atoms with Gasteiger partial charge in [-0.3, -0.25) is 4.79 Å². The topological polar surface area (TPSA) is 82.1 Å². The van der Waals surface area contributed by atoms with Gasteiger partial charge >= 0.3 is 10.1 Å². The van der Waals surface area contributed by atoms with Gasteiger partial charge in [-0.1, -0.05) is 43.1 Å². The highest BCUT2D eigenvalue weighted by molar-refractivity contribution is 7.87. The van der Waals surface area contributed by atoms with Crippen LogP contribution in [0.1, 0.15) is 38.7 Å². The van der Waals surface area contributed by atoms with Crippen molar-refractivity contribution in [1.82, 2.24) is 4.90 Å². The first-order valence-corrected chi connectivity index (χ1v) is 13.2. The van der Waals surface area contributed by atoms with E-state index in [1.54, 1.807) is 23.1 Å². The summed E-state index contributed by atoms with van der Waals surface area (Å²) in [5.74, 6) is 0.490. The van der Waals surface area contributed by atoms with Gasteiger partial charge in [-0.25, -0.2) is 0 Å². The van der Waals surface area contributed by atoms with Gasteiger partial charge in [-0.2, -0.15) is 8.42 Å². The molecule has 1 amide bonds. The van der Waals surface area contributed by atoms with Gasteiger partial charge in [-0.15, -0.1) is 0 Å². The van der Waals surface area contributed by atoms with E-state index < -0.39 is 10.1 Å². The second-order valence-corrected chi connectivity index (χ2v) is 11.0. The number of nitrogens with zero attached hydrogens (tertiary/aromatic N) is 1. The number of carbonyl (C=O) groups excluding carboxylic acids is 1. The van der Waals surface area contributed by atoms with Crippen molar-refractivity contribution in [3.63, 3.8) is 0 Å². The molecule has 0 radical (unpaired) electrons. The first kappa shape index (κ1) is 26.6. The number of benzene rings is 2. The third kappa shape index (κ3) is 7.01. The second-order valence-electron chi connectivity index (χ2n) is 8.61. The Kier molecular flexibility index (Phi) is 9.09. The SMILES string of the molecule is COc1ccc(CN(C[C@@H]2CCCO2)C(=O)CC(C)C)cc1OS(=O)(=O)c1ccc(Cl)c(Cl)c1. The predicted molar refractivity (Wildman–Crippen MR) is 131 cm³/mol. The number of rotatable bonds is 10. The van der Waals surface area contributed by atoms with E-state index in [2.05, 4.69) is 0 Å². The number of methoxy groups -OCH3 is 1. The van der Waals surface area contributed by atoms with E-state index in [0.29, 0.717) is 31.7 Å². The Morgan fingerprint density at radius 1 is 1.15 bits per heavy atom. The molecule has 1 aliphatic heterocycles. The molecule has 7 nitrogen and oxygen atoms in total. The zero-order valence-electron chi connectivity index (χ0n) is 19.4. The van der Waals surface area contributed by atoms with Crippen LogP contribution in [0.25, 0.3) is 0 Å². The Morgan fingerprint density at radius 3 is 2.53 bits per heavy atom. The van der Waals surface area contributed by atoms with Gasteiger partial charge < -0.3 is 18.6 Å². The molecular weight excluding hydrogens is 501 g/mol. The van der Waals surface area contributed by atoms with E-state index in [9.17, 15) is 13.2 Å². The molecule has 0 aliphatic carbocycles. The molecule has 0 bridgehead atoms. The van der Waals surface area contributed by atoms with Crippen molar-refractivity contribution >= 4 is 39.2 Å². The third-order valence-corrected chi connectivity index (χ3v) is 7.33. The van der Waals surface area contributed by atoms with Gasteiger partial charge in [0.05, 0.1) is 23.3 Å². The van der Waals surface area contributed by atoms with Gasteiger partial charge in [0.25, 0.3) is 0 Å². The Hall–Kier alpha value is -2.00. The van der Waals surface area contributed by atoms with Crippen LogP contribution in [-0.2, 0) is 26.2 Å². The van der Waals surface area contributed by atoms with Crippen molar-refractivity contribution in [1.29, 1.82) is 0 Å².